The Morgan fingerprint density at radius 3 is 2.90 bits per heavy atom. The fourth-order valence-electron chi connectivity index (χ4n) is 1.53. The van der Waals surface area contributed by atoms with E-state index in [1.54, 1.807) is 4.57 Å². The predicted octanol–water partition coefficient (Wildman–Crippen LogP) is 1.06. The number of pyridine rings is 1. The van der Waals surface area contributed by atoms with Crippen LogP contribution in [0.5, 0.6) is 0 Å². The number of hydrogen-bond acceptors (Lipinski definition) is 4. The second-order valence-electron chi connectivity index (χ2n) is 3.91. The van der Waals surface area contributed by atoms with Crippen molar-refractivity contribution in [3.63, 3.8) is 0 Å². The summed E-state index contributed by atoms with van der Waals surface area (Å²) in [6.07, 6.45) is 5.67. The lowest BCUT2D eigenvalue weighted by Crippen LogP contribution is -2.27. The van der Waals surface area contributed by atoms with E-state index in [0.717, 1.165) is 0 Å². The zero-order valence-corrected chi connectivity index (χ0v) is 11.0. The number of aromatic carboxylic acids is 1. The summed E-state index contributed by atoms with van der Waals surface area (Å²) in [4.78, 5) is 30.0. The number of nitrogens with zero attached hydrogens (tertiary/aromatic N) is 3. The highest BCUT2D eigenvalue weighted by molar-refractivity contribution is 6.33. The van der Waals surface area contributed by atoms with Crippen LogP contribution in [0.3, 0.4) is 0 Å². The molecule has 1 amide bonds. The molecule has 20 heavy (non-hydrogen) atoms. The number of nitrogens with one attached hydrogen (secondary N) is 1. The molecule has 2 N–H and O–H groups in total. The molecule has 0 radical (unpaired) electrons. The van der Waals surface area contributed by atoms with Crippen LogP contribution < -0.4 is 5.32 Å². The molecular formula is C12H11ClN4O3. The topological polar surface area (TPSA) is 97.1 Å². The molecule has 0 saturated carbocycles. The fraction of sp³-hybridized carbons (Fsp3) is 0.167. The van der Waals surface area contributed by atoms with E-state index in [9.17, 15) is 9.59 Å². The van der Waals surface area contributed by atoms with Crippen molar-refractivity contribution in [2.75, 3.05) is 6.54 Å². The van der Waals surface area contributed by atoms with Gasteiger partial charge >= 0.3 is 5.97 Å². The number of carboxylic acids is 1. The zero-order valence-electron chi connectivity index (χ0n) is 10.3. The monoisotopic (exact) mass is 294 g/mol. The van der Waals surface area contributed by atoms with Crippen LogP contribution >= 0.6 is 11.6 Å². The van der Waals surface area contributed by atoms with Gasteiger partial charge in [0.2, 0.25) is 0 Å². The van der Waals surface area contributed by atoms with E-state index >= 15 is 0 Å². The summed E-state index contributed by atoms with van der Waals surface area (Å²) in [5.41, 5.74) is 0.262. The van der Waals surface area contributed by atoms with Crippen molar-refractivity contribution in [1.29, 1.82) is 0 Å². The smallest absolute Gasteiger partial charge is 0.356 e. The van der Waals surface area contributed by atoms with Gasteiger partial charge in [0, 0.05) is 31.7 Å². The van der Waals surface area contributed by atoms with Crippen LogP contribution in [0.4, 0.5) is 0 Å². The molecule has 0 aromatic carbocycles. The minimum absolute atomic E-state index is 0.0355. The van der Waals surface area contributed by atoms with Crippen molar-refractivity contribution >= 4 is 23.5 Å². The average Bonchev–Trinajstić information content (AvgIpc) is 2.88. The molecule has 7 nitrogen and oxygen atoms in total. The highest BCUT2D eigenvalue weighted by Crippen LogP contribution is 2.12. The van der Waals surface area contributed by atoms with Gasteiger partial charge in [0.25, 0.3) is 5.91 Å². The number of imidazole rings is 1. The second kappa shape index (κ2) is 6.16. The molecule has 2 heterocycles. The molecular weight excluding hydrogens is 284 g/mol. The molecule has 0 aliphatic rings. The van der Waals surface area contributed by atoms with E-state index < -0.39 is 5.97 Å². The maximum Gasteiger partial charge on any atom is 0.356 e. The highest BCUT2D eigenvalue weighted by Gasteiger charge is 2.10. The number of aromatic nitrogens is 3. The third-order valence-electron chi connectivity index (χ3n) is 2.52. The first kappa shape index (κ1) is 14.0. The van der Waals surface area contributed by atoms with Gasteiger partial charge < -0.3 is 15.0 Å². The standard InChI is InChI=1S/C12H11ClN4O3/c13-9-1-2-14-5-8(9)11(18)15-3-4-17-6-10(12(19)20)16-7-17/h1-2,5-7H,3-4H2,(H,15,18)(H,19,20). The SMILES string of the molecule is O=C(O)c1cn(CCNC(=O)c2cnccc2Cl)cn1. The van der Waals surface area contributed by atoms with Crippen molar-refractivity contribution in [2.24, 2.45) is 0 Å². The molecule has 0 aliphatic heterocycles. The normalized spacial score (nSPS) is 10.2. The molecule has 0 bridgehead atoms. The number of rotatable bonds is 5. The zero-order chi connectivity index (χ0) is 14.5. The summed E-state index contributed by atoms with van der Waals surface area (Å²) in [6, 6.07) is 1.53. The lowest BCUT2D eigenvalue weighted by molar-refractivity contribution is 0.0690. The average molecular weight is 295 g/mol. The first-order valence-corrected chi connectivity index (χ1v) is 6.08. The minimum Gasteiger partial charge on any atom is -0.476 e. The number of carboxylic acid groups (broad SMARTS) is 1. The summed E-state index contributed by atoms with van der Waals surface area (Å²) in [6.45, 7) is 0.726. The number of carbonyl (C=O) groups is 2. The van der Waals surface area contributed by atoms with E-state index in [4.69, 9.17) is 16.7 Å². The molecule has 0 spiro atoms. The summed E-state index contributed by atoms with van der Waals surface area (Å²) in [5, 5.41) is 11.7. The van der Waals surface area contributed by atoms with Crippen molar-refractivity contribution in [3.05, 3.63) is 47.3 Å². The van der Waals surface area contributed by atoms with Gasteiger partial charge in [0.15, 0.2) is 5.69 Å². The van der Waals surface area contributed by atoms with Crippen LogP contribution in [0.15, 0.2) is 31.0 Å². The quantitative estimate of drug-likeness (QED) is 0.859. The maximum atomic E-state index is 11.8. The summed E-state index contributed by atoms with van der Waals surface area (Å²) >= 11 is 5.87. The van der Waals surface area contributed by atoms with Crippen LogP contribution in [0, 0.1) is 0 Å². The van der Waals surface area contributed by atoms with Gasteiger partial charge in [-0.3, -0.25) is 9.78 Å². The van der Waals surface area contributed by atoms with E-state index in [1.807, 2.05) is 0 Å². The Bertz CT molecular complexity index is 641. The van der Waals surface area contributed by atoms with Crippen LogP contribution in [0.1, 0.15) is 20.8 Å². The lowest BCUT2D eigenvalue weighted by Gasteiger charge is -2.06. The maximum absolute atomic E-state index is 11.8. The van der Waals surface area contributed by atoms with Crippen LogP contribution in [-0.4, -0.2) is 38.1 Å². The van der Waals surface area contributed by atoms with E-state index in [2.05, 4.69) is 15.3 Å². The summed E-state index contributed by atoms with van der Waals surface area (Å²) in [7, 11) is 0. The van der Waals surface area contributed by atoms with Gasteiger partial charge in [-0.2, -0.15) is 0 Å². The number of amides is 1. The second-order valence-corrected chi connectivity index (χ2v) is 4.32. The Hall–Kier alpha value is -2.41. The third-order valence-corrected chi connectivity index (χ3v) is 2.85. The Morgan fingerprint density at radius 1 is 1.45 bits per heavy atom. The molecule has 0 atom stereocenters. The molecule has 104 valence electrons. The van der Waals surface area contributed by atoms with Crippen molar-refractivity contribution in [2.45, 2.75) is 6.54 Å². The van der Waals surface area contributed by atoms with E-state index in [1.165, 1.54) is 31.0 Å². The first-order chi connectivity index (χ1) is 9.58. The van der Waals surface area contributed by atoms with E-state index in [-0.39, 0.29) is 11.6 Å². The molecule has 0 aliphatic carbocycles. The molecule has 2 aromatic heterocycles. The van der Waals surface area contributed by atoms with Crippen molar-refractivity contribution in [1.82, 2.24) is 19.9 Å². The van der Waals surface area contributed by atoms with E-state index in [0.29, 0.717) is 23.7 Å². The number of halogens is 1. The van der Waals surface area contributed by atoms with Crippen molar-refractivity contribution < 1.29 is 14.7 Å². The van der Waals surface area contributed by atoms with Gasteiger partial charge in [-0.1, -0.05) is 11.6 Å². The number of carbonyl (C=O) groups excluding carboxylic acids is 1. The van der Waals surface area contributed by atoms with Crippen LogP contribution in [-0.2, 0) is 6.54 Å². The molecule has 0 fully saturated rings. The predicted molar refractivity (Wildman–Crippen MR) is 70.8 cm³/mol. The Labute approximate surface area is 119 Å². The summed E-state index contributed by atoms with van der Waals surface area (Å²) < 4.78 is 1.58. The van der Waals surface area contributed by atoms with Crippen molar-refractivity contribution in [3.8, 4) is 0 Å². The van der Waals surface area contributed by atoms with Crippen LogP contribution in [0.25, 0.3) is 0 Å². The van der Waals surface area contributed by atoms with Gasteiger partial charge in [-0.15, -0.1) is 0 Å². The summed E-state index contributed by atoms with van der Waals surface area (Å²) in [5.74, 6) is -1.42. The number of hydrogen-bond donors (Lipinski definition) is 2. The fourth-order valence-corrected chi connectivity index (χ4v) is 1.72. The minimum atomic E-state index is -1.09. The molecule has 0 unspecified atom stereocenters. The highest BCUT2D eigenvalue weighted by atomic mass is 35.5. The first-order valence-electron chi connectivity index (χ1n) is 5.70. The van der Waals surface area contributed by atoms with Gasteiger partial charge in [0.05, 0.1) is 16.9 Å². The third kappa shape index (κ3) is 3.33. The molecule has 2 aromatic rings. The van der Waals surface area contributed by atoms with Gasteiger partial charge in [-0.25, -0.2) is 9.78 Å². The Morgan fingerprint density at radius 2 is 2.25 bits per heavy atom. The molecule has 8 heteroatoms. The lowest BCUT2D eigenvalue weighted by atomic mass is 10.2. The largest absolute Gasteiger partial charge is 0.476 e. The Balaban J connectivity index is 1.88. The Kier molecular flexibility index (Phi) is 4.31. The van der Waals surface area contributed by atoms with Gasteiger partial charge in [-0.05, 0) is 6.07 Å². The van der Waals surface area contributed by atoms with Gasteiger partial charge in [0.1, 0.15) is 0 Å². The molecule has 2 rings (SSSR count). The van der Waals surface area contributed by atoms with Crippen LogP contribution in [0.2, 0.25) is 5.02 Å². The molecule has 0 saturated heterocycles.